The predicted molar refractivity (Wildman–Crippen MR) is 206 cm³/mol. The average molecular weight is 777 g/mol. The van der Waals surface area contributed by atoms with E-state index >= 15 is 0 Å². The van der Waals surface area contributed by atoms with Crippen LogP contribution in [0.5, 0.6) is 0 Å². The van der Waals surface area contributed by atoms with Crippen molar-refractivity contribution in [1.29, 1.82) is 0 Å². The molecule has 3 heteroatoms. The van der Waals surface area contributed by atoms with Crippen molar-refractivity contribution < 1.29 is 49.0 Å². The van der Waals surface area contributed by atoms with Crippen LogP contribution in [0, 0.1) is 13.0 Å². The van der Waals surface area contributed by atoms with Crippen molar-refractivity contribution >= 4 is 25.1 Å². The van der Waals surface area contributed by atoms with Crippen molar-refractivity contribution in [3.63, 3.8) is 0 Å². The smallest absolute Gasteiger partial charge is 0.0635 e. The van der Waals surface area contributed by atoms with Gasteiger partial charge < -0.3 is 24.8 Å². The fourth-order valence-corrected chi connectivity index (χ4v) is 8.11. The van der Waals surface area contributed by atoms with Crippen LogP contribution < -0.4 is 24.8 Å². The normalized spacial score (nSPS) is 15.4. The molecular formula is C47H50Cl2Zr-2. The summed E-state index contributed by atoms with van der Waals surface area (Å²) in [6.07, 6.45) is 7.13. The van der Waals surface area contributed by atoms with E-state index in [1.165, 1.54) is 111 Å². The fraction of sp³-hybridized carbons (Fsp3) is 0.319. The molecule has 50 heavy (non-hydrogen) atoms. The van der Waals surface area contributed by atoms with Gasteiger partial charge in [0.1, 0.15) is 0 Å². The molecule has 8 rings (SSSR count). The predicted octanol–water partition coefficient (Wildman–Crippen LogP) is 6.40. The van der Waals surface area contributed by atoms with Crippen LogP contribution in [0.4, 0.5) is 0 Å². The van der Waals surface area contributed by atoms with E-state index in [4.69, 9.17) is 0 Å². The summed E-state index contributed by atoms with van der Waals surface area (Å²) in [5.41, 5.74) is 19.0. The minimum atomic E-state index is 0. The van der Waals surface area contributed by atoms with E-state index in [0.29, 0.717) is 5.41 Å². The average Bonchev–Trinajstić information content (AvgIpc) is 3.73. The molecule has 0 bridgehead atoms. The van der Waals surface area contributed by atoms with Gasteiger partial charge in [0.15, 0.2) is 0 Å². The van der Waals surface area contributed by atoms with Gasteiger partial charge in [-0.05, 0) is 58.4 Å². The third kappa shape index (κ3) is 7.87. The van der Waals surface area contributed by atoms with Crippen molar-refractivity contribution in [2.75, 3.05) is 0 Å². The van der Waals surface area contributed by atoms with E-state index < -0.39 is 0 Å². The standard InChI is InChI=1S/C25H25.C12H10.C10H15.2ClH.Zr/c1-14-12-24(3,4)22-8-16-7-17-9-23-19(15(2)13-25(23,5)6)11-21(17)20(16)10-18(14)22;1-2-10-7-8-11-5-3-4-6-12(11)9-10;1-8-5-6-9(7-8)10(2,3)4;;;/h8-12H,7H2,1-6H3;3-9H,1H3;5-7H,1-4H3;2*1H;/q-1;;-1;;;+2/p-2. The molecule has 0 saturated carbocycles. The van der Waals surface area contributed by atoms with Crippen LogP contribution in [0.1, 0.15) is 119 Å². The first-order chi connectivity index (χ1) is 22.4. The molecule has 0 atom stereocenters. The topological polar surface area (TPSA) is 0 Å². The Bertz CT molecular complexity index is 2060. The van der Waals surface area contributed by atoms with Crippen molar-refractivity contribution in [3.8, 4) is 11.1 Å². The molecule has 0 nitrogen and oxygen atoms in total. The van der Waals surface area contributed by atoms with Crippen molar-refractivity contribution in [2.24, 2.45) is 0 Å². The Kier molecular flexibility index (Phi) is 11.8. The zero-order valence-corrected chi connectivity index (χ0v) is 35.6. The minimum Gasteiger partial charge on any atom is -1.00 e. The van der Waals surface area contributed by atoms with Gasteiger partial charge in [0, 0.05) is 5.41 Å². The van der Waals surface area contributed by atoms with Crippen LogP contribution in [0.2, 0.25) is 0 Å². The first-order valence-corrected chi connectivity index (χ1v) is 18.6. The van der Waals surface area contributed by atoms with E-state index in [0.717, 1.165) is 6.42 Å². The monoisotopic (exact) mass is 774 g/mol. The number of allylic oxidation sites excluding steroid dienone is 4. The van der Waals surface area contributed by atoms with E-state index in [1.54, 1.807) is 0 Å². The second-order valence-electron chi connectivity index (χ2n) is 16.3. The molecule has 0 unspecified atom stereocenters. The first kappa shape index (κ1) is 40.1. The molecular weight excluding hydrogens is 727 g/mol. The van der Waals surface area contributed by atoms with E-state index in [1.807, 2.05) is 0 Å². The molecule has 0 saturated heterocycles. The molecule has 0 amide bonds. The largest absolute Gasteiger partial charge is 1.00 e. The molecule has 3 aliphatic carbocycles. The Morgan fingerprint density at radius 2 is 1.34 bits per heavy atom. The fourth-order valence-electron chi connectivity index (χ4n) is 7.73. The van der Waals surface area contributed by atoms with Gasteiger partial charge in [-0.1, -0.05) is 91.4 Å². The molecule has 0 N–H and O–H groups in total. The second kappa shape index (κ2) is 14.7. The van der Waals surface area contributed by atoms with E-state index in [9.17, 15) is 0 Å². The Morgan fingerprint density at radius 1 is 0.740 bits per heavy atom. The van der Waals surface area contributed by atoms with E-state index in [2.05, 4.69) is 173 Å². The quantitative estimate of drug-likeness (QED) is 0.170. The summed E-state index contributed by atoms with van der Waals surface area (Å²) in [4.78, 5) is 0. The number of fused-ring (bicyclic) bond motifs is 6. The van der Waals surface area contributed by atoms with Crippen LogP contribution in [0.25, 0.3) is 33.0 Å². The van der Waals surface area contributed by atoms with Crippen molar-refractivity contribution in [2.45, 2.75) is 98.8 Å². The third-order valence-corrected chi connectivity index (χ3v) is 11.1. The zero-order chi connectivity index (χ0) is 34.8. The van der Waals surface area contributed by atoms with Crippen LogP contribution in [-0.2, 0) is 46.9 Å². The number of rotatable bonds is 1. The van der Waals surface area contributed by atoms with Gasteiger partial charge in [-0.2, -0.15) is 28.8 Å². The molecule has 0 aromatic heterocycles. The number of benzene rings is 4. The van der Waals surface area contributed by atoms with E-state index in [-0.39, 0.29) is 35.6 Å². The van der Waals surface area contributed by atoms with Gasteiger partial charge in [-0.3, -0.25) is 6.08 Å². The summed E-state index contributed by atoms with van der Waals surface area (Å²) in [5.74, 6) is 0. The Hall–Kier alpha value is -2.70. The molecule has 258 valence electrons. The summed E-state index contributed by atoms with van der Waals surface area (Å²) in [6.45, 7) is 24.7. The van der Waals surface area contributed by atoms with Gasteiger partial charge in [-0.25, -0.2) is 11.6 Å². The number of hydrogen-bond donors (Lipinski definition) is 0. The molecule has 5 aromatic carbocycles. The Morgan fingerprint density at radius 3 is 1.90 bits per heavy atom. The number of hydrogen-bond acceptors (Lipinski definition) is 0. The van der Waals surface area contributed by atoms with Gasteiger partial charge >= 0.3 is 93.2 Å². The maximum atomic E-state index is 3.65. The van der Waals surface area contributed by atoms with Crippen LogP contribution in [0.15, 0.2) is 91.0 Å². The summed E-state index contributed by atoms with van der Waals surface area (Å²) in [5, 5.41) is 2.66. The molecule has 0 spiro atoms. The maximum absolute atomic E-state index is 3.65. The van der Waals surface area contributed by atoms with Crippen LogP contribution in [-0.4, -0.2) is 3.21 Å². The summed E-state index contributed by atoms with van der Waals surface area (Å²) in [7, 11) is 0. The van der Waals surface area contributed by atoms with Gasteiger partial charge in [0.05, 0.1) is 0 Å². The summed E-state index contributed by atoms with van der Waals surface area (Å²) < 4.78 is 1.46. The first-order valence-electron chi connectivity index (χ1n) is 17.4. The Balaban J connectivity index is 0.000000190. The van der Waals surface area contributed by atoms with Gasteiger partial charge in [0.2, 0.25) is 0 Å². The maximum Gasteiger partial charge on any atom is -0.0635 e. The van der Waals surface area contributed by atoms with Gasteiger partial charge in [0.25, 0.3) is 0 Å². The molecule has 0 heterocycles. The molecule has 0 fully saturated rings. The zero-order valence-electron chi connectivity index (χ0n) is 31.6. The van der Waals surface area contributed by atoms with Crippen LogP contribution >= 0.6 is 0 Å². The number of aryl methyl sites for hydroxylation is 1. The van der Waals surface area contributed by atoms with Crippen molar-refractivity contribution in [3.05, 3.63) is 147 Å². The Labute approximate surface area is 329 Å². The SMILES string of the molecule is CC1=[C-]C(C)(C)c2cc3c(cc21)-c1cc2c(cc1C3)C(C)(C)C=C2C.C[C](=[Zr+2])c1ccc2ccccc2c1.Cc1cc(C(C)(C)C)c[cH-]1.[Cl-].[Cl-]. The molecule has 3 aliphatic rings. The summed E-state index contributed by atoms with van der Waals surface area (Å²) in [6, 6.07) is 31.6. The second-order valence-corrected chi connectivity index (χ2v) is 18.2. The molecule has 0 radical (unpaired) electrons. The minimum absolute atomic E-state index is 0. The van der Waals surface area contributed by atoms with Crippen LogP contribution in [0.3, 0.4) is 0 Å². The van der Waals surface area contributed by atoms with Crippen molar-refractivity contribution in [1.82, 2.24) is 0 Å². The summed E-state index contributed by atoms with van der Waals surface area (Å²) >= 11 is 1.50. The number of halogens is 2. The third-order valence-electron chi connectivity index (χ3n) is 10.4. The molecule has 5 aromatic rings. The van der Waals surface area contributed by atoms with Gasteiger partial charge in [-0.15, -0.1) is 11.6 Å². The molecule has 0 aliphatic heterocycles.